The number of hydrogen-bond acceptors (Lipinski definition) is 5. The largest absolute Gasteiger partial charge is 0.444 e. The van der Waals surface area contributed by atoms with Crippen LogP contribution in [0.3, 0.4) is 0 Å². The van der Waals surface area contributed by atoms with E-state index in [1.807, 2.05) is 20.8 Å². The fourth-order valence-corrected chi connectivity index (χ4v) is 3.02. The fourth-order valence-electron chi connectivity index (χ4n) is 2.85. The van der Waals surface area contributed by atoms with E-state index in [0.717, 1.165) is 25.7 Å². The summed E-state index contributed by atoms with van der Waals surface area (Å²) in [4.78, 5) is 22.5. The van der Waals surface area contributed by atoms with Crippen molar-refractivity contribution in [2.45, 2.75) is 64.1 Å². The Morgan fingerprint density at radius 3 is 2.40 bits per heavy atom. The molecule has 138 valence electrons. The maximum absolute atomic E-state index is 11.8. The highest BCUT2D eigenvalue weighted by Gasteiger charge is 2.26. The van der Waals surface area contributed by atoms with E-state index in [-0.39, 0.29) is 17.8 Å². The maximum atomic E-state index is 11.8. The number of rotatable bonds is 4. The van der Waals surface area contributed by atoms with Crippen molar-refractivity contribution in [1.82, 2.24) is 5.32 Å². The number of nitrogens with zero attached hydrogens (tertiary/aromatic N) is 1. The van der Waals surface area contributed by atoms with Gasteiger partial charge in [-0.25, -0.2) is 4.79 Å². The van der Waals surface area contributed by atoms with E-state index in [1.165, 1.54) is 6.07 Å². The van der Waals surface area contributed by atoms with Crippen LogP contribution in [0.1, 0.15) is 46.5 Å². The third-order valence-corrected chi connectivity index (χ3v) is 4.20. The number of halogens is 1. The standard InChI is InChI=1S/C17H24ClN3O4/c1-17(2,3)25-16(22)20-13-7-5-12(6-8-13)19-14-9-4-11(18)10-15(14)21(23)24/h4,9-10,12-13,19H,5-8H2,1-3H3,(H,20,22)/t12-,13-. The summed E-state index contributed by atoms with van der Waals surface area (Å²) >= 11 is 5.83. The molecule has 2 rings (SSSR count). The number of alkyl carbamates (subject to hydrolysis) is 1. The van der Waals surface area contributed by atoms with Gasteiger partial charge in [0.2, 0.25) is 0 Å². The predicted molar refractivity (Wildman–Crippen MR) is 97.1 cm³/mol. The molecule has 2 N–H and O–H groups in total. The summed E-state index contributed by atoms with van der Waals surface area (Å²) in [5.74, 6) is 0. The number of benzene rings is 1. The van der Waals surface area contributed by atoms with Gasteiger partial charge in [0.1, 0.15) is 11.3 Å². The van der Waals surface area contributed by atoms with E-state index in [0.29, 0.717) is 10.7 Å². The number of amides is 1. The summed E-state index contributed by atoms with van der Waals surface area (Å²) in [6.45, 7) is 5.48. The third kappa shape index (κ3) is 6.08. The molecular formula is C17H24ClN3O4. The van der Waals surface area contributed by atoms with E-state index in [4.69, 9.17) is 16.3 Å². The van der Waals surface area contributed by atoms with Gasteiger partial charge in [0.15, 0.2) is 0 Å². The van der Waals surface area contributed by atoms with Crippen LogP contribution in [0.15, 0.2) is 18.2 Å². The number of carbonyl (C=O) groups is 1. The van der Waals surface area contributed by atoms with Crippen molar-refractivity contribution in [2.75, 3.05) is 5.32 Å². The minimum Gasteiger partial charge on any atom is -0.444 e. The first-order valence-electron chi connectivity index (χ1n) is 8.34. The molecule has 0 bridgehead atoms. The first kappa shape index (κ1) is 19.3. The Morgan fingerprint density at radius 2 is 1.84 bits per heavy atom. The van der Waals surface area contributed by atoms with Gasteiger partial charge in [0, 0.05) is 23.2 Å². The van der Waals surface area contributed by atoms with Crippen LogP contribution in [0.4, 0.5) is 16.2 Å². The number of nitro groups is 1. The highest BCUT2D eigenvalue weighted by Crippen LogP contribution is 2.30. The fraction of sp³-hybridized carbons (Fsp3) is 0.588. The van der Waals surface area contributed by atoms with Crippen molar-refractivity contribution in [3.8, 4) is 0 Å². The number of anilines is 1. The van der Waals surface area contributed by atoms with Crippen molar-refractivity contribution in [1.29, 1.82) is 0 Å². The second kappa shape index (κ2) is 7.91. The van der Waals surface area contributed by atoms with Crippen molar-refractivity contribution in [3.05, 3.63) is 33.3 Å². The summed E-state index contributed by atoms with van der Waals surface area (Å²) in [6, 6.07) is 4.79. The molecule has 25 heavy (non-hydrogen) atoms. The van der Waals surface area contributed by atoms with Crippen LogP contribution in [0.25, 0.3) is 0 Å². The van der Waals surface area contributed by atoms with E-state index >= 15 is 0 Å². The molecular weight excluding hydrogens is 346 g/mol. The average molecular weight is 370 g/mol. The SMILES string of the molecule is CC(C)(C)OC(=O)N[C@H]1CC[C@H](Nc2ccc(Cl)cc2[N+](=O)[O-])CC1. The van der Waals surface area contributed by atoms with Crippen LogP contribution in [0, 0.1) is 10.1 Å². The van der Waals surface area contributed by atoms with Gasteiger partial charge >= 0.3 is 6.09 Å². The second-order valence-corrected chi connectivity index (χ2v) is 7.69. The Labute approximate surface area is 152 Å². The summed E-state index contributed by atoms with van der Waals surface area (Å²) in [5.41, 5.74) is -0.0736. The Kier molecular flexibility index (Phi) is 6.11. The van der Waals surface area contributed by atoms with E-state index in [2.05, 4.69) is 10.6 Å². The molecule has 1 amide bonds. The topological polar surface area (TPSA) is 93.5 Å². The number of ether oxygens (including phenoxy) is 1. The summed E-state index contributed by atoms with van der Waals surface area (Å²) in [6.07, 6.45) is 2.79. The number of nitrogens with one attached hydrogen (secondary N) is 2. The molecule has 1 aliphatic carbocycles. The zero-order valence-electron chi connectivity index (χ0n) is 14.7. The Morgan fingerprint density at radius 1 is 1.24 bits per heavy atom. The average Bonchev–Trinajstić information content (AvgIpc) is 2.49. The predicted octanol–water partition coefficient (Wildman–Crippen LogP) is 4.50. The summed E-state index contributed by atoms with van der Waals surface area (Å²) < 4.78 is 5.26. The van der Waals surface area contributed by atoms with Crippen LogP contribution in [-0.4, -0.2) is 28.7 Å². The smallest absolute Gasteiger partial charge is 0.407 e. The molecule has 0 radical (unpaired) electrons. The molecule has 0 saturated heterocycles. The molecule has 1 saturated carbocycles. The molecule has 0 heterocycles. The van der Waals surface area contributed by atoms with Gasteiger partial charge in [-0.3, -0.25) is 10.1 Å². The molecule has 0 aromatic heterocycles. The Balaban J connectivity index is 1.87. The molecule has 1 aromatic rings. The normalized spacial score (nSPS) is 20.6. The lowest BCUT2D eigenvalue weighted by Gasteiger charge is -2.31. The zero-order valence-corrected chi connectivity index (χ0v) is 15.4. The second-order valence-electron chi connectivity index (χ2n) is 7.26. The quantitative estimate of drug-likeness (QED) is 0.602. The van der Waals surface area contributed by atoms with Gasteiger partial charge in [0.25, 0.3) is 5.69 Å². The van der Waals surface area contributed by atoms with E-state index in [9.17, 15) is 14.9 Å². The lowest BCUT2D eigenvalue weighted by molar-refractivity contribution is -0.384. The maximum Gasteiger partial charge on any atom is 0.407 e. The molecule has 0 aliphatic heterocycles. The van der Waals surface area contributed by atoms with Gasteiger partial charge < -0.3 is 15.4 Å². The van der Waals surface area contributed by atoms with E-state index < -0.39 is 16.6 Å². The van der Waals surface area contributed by atoms with Crippen molar-refractivity contribution in [3.63, 3.8) is 0 Å². The molecule has 0 atom stereocenters. The van der Waals surface area contributed by atoms with Crippen molar-refractivity contribution in [2.24, 2.45) is 0 Å². The third-order valence-electron chi connectivity index (χ3n) is 3.96. The van der Waals surface area contributed by atoms with Crippen molar-refractivity contribution >= 4 is 29.1 Å². The first-order valence-corrected chi connectivity index (χ1v) is 8.72. The highest BCUT2D eigenvalue weighted by atomic mass is 35.5. The van der Waals surface area contributed by atoms with Gasteiger partial charge in [-0.1, -0.05) is 11.6 Å². The summed E-state index contributed by atoms with van der Waals surface area (Å²) in [5, 5.41) is 17.6. The van der Waals surface area contributed by atoms with Gasteiger partial charge in [0.05, 0.1) is 4.92 Å². The molecule has 0 spiro atoms. The van der Waals surface area contributed by atoms with Crippen LogP contribution in [-0.2, 0) is 4.74 Å². The number of nitro benzene ring substituents is 1. The molecule has 7 nitrogen and oxygen atoms in total. The Bertz CT molecular complexity index is 637. The van der Waals surface area contributed by atoms with Gasteiger partial charge in [-0.05, 0) is 58.6 Å². The Hall–Kier alpha value is -2.02. The van der Waals surface area contributed by atoms with Crippen molar-refractivity contribution < 1.29 is 14.5 Å². The number of carbonyl (C=O) groups excluding carboxylic acids is 1. The molecule has 1 aliphatic rings. The highest BCUT2D eigenvalue weighted by molar-refractivity contribution is 6.30. The molecule has 0 unspecified atom stereocenters. The first-order chi connectivity index (χ1) is 11.6. The minimum atomic E-state index is -0.518. The van der Waals surface area contributed by atoms with Crippen LogP contribution < -0.4 is 10.6 Å². The minimum absolute atomic E-state index is 0.0264. The lowest BCUT2D eigenvalue weighted by Crippen LogP contribution is -2.42. The van der Waals surface area contributed by atoms with Gasteiger partial charge in [-0.15, -0.1) is 0 Å². The lowest BCUT2D eigenvalue weighted by atomic mass is 9.91. The zero-order chi connectivity index (χ0) is 18.6. The van der Waals surface area contributed by atoms with Gasteiger partial charge in [-0.2, -0.15) is 0 Å². The molecule has 1 fully saturated rings. The molecule has 1 aromatic carbocycles. The van der Waals surface area contributed by atoms with Crippen LogP contribution in [0.2, 0.25) is 5.02 Å². The summed E-state index contributed by atoms with van der Waals surface area (Å²) in [7, 11) is 0. The number of hydrogen-bond donors (Lipinski definition) is 2. The van der Waals surface area contributed by atoms with Crippen LogP contribution in [0.5, 0.6) is 0 Å². The monoisotopic (exact) mass is 369 g/mol. The molecule has 8 heteroatoms. The van der Waals surface area contributed by atoms with E-state index in [1.54, 1.807) is 12.1 Å². The van der Waals surface area contributed by atoms with Crippen LogP contribution >= 0.6 is 11.6 Å².